The van der Waals surface area contributed by atoms with Gasteiger partial charge in [-0.25, -0.2) is 18.1 Å². The summed E-state index contributed by atoms with van der Waals surface area (Å²) in [4.78, 5) is 36.1. The number of carbonyl (C=O) groups excluding carboxylic acids is 1. The Morgan fingerprint density at radius 1 is 0.974 bits per heavy atom. The smallest absolute Gasteiger partial charge is 0.281 e. The zero-order chi connectivity index (χ0) is 27.3. The molecule has 0 atom stereocenters. The molecule has 11 nitrogen and oxygen atoms in total. The Bertz CT molecular complexity index is 1750. The van der Waals surface area contributed by atoms with Crippen LogP contribution in [0.4, 0.5) is 5.69 Å². The van der Waals surface area contributed by atoms with Crippen LogP contribution in [0.25, 0.3) is 16.6 Å². The number of sulfone groups is 1. The molecule has 0 spiro atoms. The van der Waals surface area contributed by atoms with E-state index in [2.05, 4.69) is 25.1 Å². The molecule has 4 heterocycles. The topological polar surface area (TPSA) is 124 Å². The molecule has 2 aliphatic rings. The van der Waals surface area contributed by atoms with Crippen LogP contribution in [0.3, 0.4) is 0 Å². The fourth-order valence-electron chi connectivity index (χ4n) is 5.60. The number of fused-ring (bicyclic) bond motifs is 3. The number of benzene rings is 2. The van der Waals surface area contributed by atoms with E-state index in [4.69, 9.17) is 0 Å². The molecule has 39 heavy (non-hydrogen) atoms. The lowest BCUT2D eigenvalue weighted by Gasteiger charge is -2.36. The maximum atomic E-state index is 13.5. The maximum absolute atomic E-state index is 13.5. The molecular formula is C27H31N7O4S. The van der Waals surface area contributed by atoms with Crippen molar-refractivity contribution in [1.29, 1.82) is 0 Å². The molecule has 4 aromatic rings. The first-order chi connectivity index (χ1) is 18.7. The summed E-state index contributed by atoms with van der Waals surface area (Å²) < 4.78 is 28.5. The van der Waals surface area contributed by atoms with E-state index in [0.29, 0.717) is 23.0 Å². The van der Waals surface area contributed by atoms with Crippen LogP contribution < -0.4 is 10.5 Å². The fourth-order valence-corrected chi connectivity index (χ4v) is 7.08. The molecule has 0 aliphatic carbocycles. The lowest BCUT2D eigenvalue weighted by Crippen LogP contribution is -2.49. The number of hydrogen-bond acceptors (Lipinski definition) is 8. The summed E-state index contributed by atoms with van der Waals surface area (Å²) in [7, 11) is -4.02. The van der Waals surface area contributed by atoms with Gasteiger partial charge in [-0.05, 0) is 56.5 Å². The lowest BCUT2D eigenvalue weighted by molar-refractivity contribution is -0.131. The van der Waals surface area contributed by atoms with Gasteiger partial charge in [-0.2, -0.15) is 4.98 Å². The quantitative estimate of drug-likeness (QED) is 0.400. The minimum Gasteiger partial charge on any atom is -0.369 e. The first-order valence-corrected chi connectivity index (χ1v) is 14.7. The fraction of sp³-hybridized carbons (Fsp3) is 0.407. The Balaban J connectivity index is 1.29. The highest BCUT2D eigenvalue weighted by molar-refractivity contribution is 7.91. The van der Waals surface area contributed by atoms with Gasteiger partial charge in [-0.15, -0.1) is 5.10 Å². The van der Waals surface area contributed by atoms with Crippen LogP contribution in [-0.2, 0) is 14.6 Å². The molecule has 204 valence electrons. The first-order valence-electron chi connectivity index (χ1n) is 13.2. The van der Waals surface area contributed by atoms with Crippen molar-refractivity contribution < 1.29 is 13.2 Å². The number of piperazine rings is 1. The summed E-state index contributed by atoms with van der Waals surface area (Å²) in [5.41, 5.74) is 2.41. The van der Waals surface area contributed by atoms with Crippen molar-refractivity contribution in [2.45, 2.75) is 36.6 Å². The van der Waals surface area contributed by atoms with Crippen molar-refractivity contribution in [1.82, 2.24) is 29.6 Å². The van der Waals surface area contributed by atoms with E-state index in [1.54, 1.807) is 31.2 Å². The molecule has 2 aliphatic heterocycles. The predicted octanol–water partition coefficient (Wildman–Crippen LogP) is 1.76. The van der Waals surface area contributed by atoms with E-state index >= 15 is 0 Å². The van der Waals surface area contributed by atoms with Gasteiger partial charge >= 0.3 is 0 Å². The summed E-state index contributed by atoms with van der Waals surface area (Å²) in [6.45, 7) is 8.77. The minimum atomic E-state index is -4.02. The molecule has 0 saturated carbocycles. The van der Waals surface area contributed by atoms with Crippen molar-refractivity contribution in [3.8, 4) is 0 Å². The number of amides is 1. The van der Waals surface area contributed by atoms with Gasteiger partial charge < -0.3 is 9.80 Å². The third kappa shape index (κ3) is 4.57. The van der Waals surface area contributed by atoms with Crippen molar-refractivity contribution in [3.05, 3.63) is 57.9 Å². The molecule has 2 aromatic heterocycles. The number of aromatic nitrogens is 4. The largest absolute Gasteiger partial charge is 0.369 e. The van der Waals surface area contributed by atoms with Crippen molar-refractivity contribution >= 4 is 38.0 Å². The number of carbonyl (C=O) groups is 1. The number of H-pyrrole nitrogens is 1. The van der Waals surface area contributed by atoms with E-state index in [9.17, 15) is 18.0 Å². The Morgan fingerprint density at radius 2 is 1.72 bits per heavy atom. The first kappa shape index (κ1) is 25.5. The number of aryl methyl sites for hydroxylation is 2. The summed E-state index contributed by atoms with van der Waals surface area (Å²) in [6.07, 6.45) is 2.17. The van der Waals surface area contributed by atoms with E-state index in [1.807, 2.05) is 24.0 Å². The lowest BCUT2D eigenvalue weighted by atomic mass is 10.2. The number of hydrogen-bond donors (Lipinski definition) is 1. The zero-order valence-electron chi connectivity index (χ0n) is 22.1. The highest BCUT2D eigenvalue weighted by Gasteiger charge is 2.28. The van der Waals surface area contributed by atoms with Gasteiger partial charge in [0.15, 0.2) is 5.65 Å². The van der Waals surface area contributed by atoms with Crippen LogP contribution in [-0.4, -0.2) is 89.7 Å². The number of nitrogens with one attached hydrogen (secondary N) is 1. The highest BCUT2D eigenvalue weighted by atomic mass is 32.2. The van der Waals surface area contributed by atoms with E-state index in [0.717, 1.165) is 63.4 Å². The average Bonchev–Trinajstić information content (AvgIpc) is 3.60. The summed E-state index contributed by atoms with van der Waals surface area (Å²) in [5, 5.41) is 6.95. The molecule has 2 aromatic carbocycles. The molecule has 2 saturated heterocycles. The van der Waals surface area contributed by atoms with Crippen molar-refractivity contribution in [2.75, 3.05) is 50.7 Å². The monoisotopic (exact) mass is 549 g/mol. The Morgan fingerprint density at radius 3 is 2.44 bits per heavy atom. The number of nitrogens with zero attached hydrogens (tertiary/aromatic N) is 6. The minimum absolute atomic E-state index is 0.0325. The third-order valence-corrected chi connectivity index (χ3v) is 9.56. The van der Waals surface area contributed by atoms with E-state index in [1.165, 1.54) is 4.52 Å². The molecular weight excluding hydrogens is 518 g/mol. The molecule has 0 radical (unpaired) electrons. The van der Waals surface area contributed by atoms with Crippen LogP contribution in [0.5, 0.6) is 0 Å². The summed E-state index contributed by atoms with van der Waals surface area (Å²) in [6, 6.07) is 10.5. The van der Waals surface area contributed by atoms with Gasteiger partial charge in [-0.1, -0.05) is 17.7 Å². The van der Waals surface area contributed by atoms with Gasteiger partial charge in [0.2, 0.25) is 20.8 Å². The van der Waals surface area contributed by atoms with Crippen LogP contribution in [0, 0.1) is 13.8 Å². The van der Waals surface area contributed by atoms with Gasteiger partial charge in [-0.3, -0.25) is 14.5 Å². The van der Waals surface area contributed by atoms with E-state index in [-0.39, 0.29) is 21.5 Å². The SMILES string of the molecule is Cc1ccc(S(=O)(=O)c2n[nH]n3c2nc(=O)c2ccc(N4CCN(CC(=O)N5CCCC5)CC4)cc23)c(C)c1. The Hall–Kier alpha value is -3.77. The average molecular weight is 550 g/mol. The normalized spacial score (nSPS) is 17.0. The zero-order valence-corrected chi connectivity index (χ0v) is 22.9. The van der Waals surface area contributed by atoms with Gasteiger partial charge in [0.05, 0.1) is 22.3 Å². The maximum Gasteiger partial charge on any atom is 0.281 e. The van der Waals surface area contributed by atoms with Crippen LogP contribution in [0.2, 0.25) is 0 Å². The predicted molar refractivity (Wildman–Crippen MR) is 147 cm³/mol. The van der Waals surface area contributed by atoms with Crippen LogP contribution in [0.1, 0.15) is 24.0 Å². The second-order valence-corrected chi connectivity index (χ2v) is 12.3. The molecule has 0 bridgehead atoms. The molecule has 0 unspecified atom stereocenters. The van der Waals surface area contributed by atoms with Crippen molar-refractivity contribution in [2.24, 2.45) is 0 Å². The second-order valence-electron chi connectivity index (χ2n) is 10.4. The highest BCUT2D eigenvalue weighted by Crippen LogP contribution is 2.27. The number of rotatable bonds is 5. The Labute approximate surface area is 225 Å². The van der Waals surface area contributed by atoms with Gasteiger partial charge in [0.25, 0.3) is 5.56 Å². The van der Waals surface area contributed by atoms with Gasteiger partial charge in [0, 0.05) is 45.0 Å². The number of likely N-dealkylation sites (tertiary alicyclic amines) is 1. The molecule has 6 rings (SSSR count). The summed E-state index contributed by atoms with van der Waals surface area (Å²) >= 11 is 0. The van der Waals surface area contributed by atoms with E-state index < -0.39 is 15.4 Å². The number of anilines is 1. The van der Waals surface area contributed by atoms with Crippen molar-refractivity contribution in [3.63, 3.8) is 0 Å². The van der Waals surface area contributed by atoms with Gasteiger partial charge in [0.1, 0.15) is 0 Å². The standard InChI is InChI=1S/C27H31N7O4S/c1-18-5-8-23(19(2)15-18)39(37,38)27-25-28-26(36)21-7-6-20(16-22(21)34(25)30-29-27)32-13-11-31(12-14-32)17-24(35)33-9-3-4-10-33/h5-8,15-16,30H,3-4,9-14,17H2,1-2H3. The molecule has 12 heteroatoms. The van der Waals surface area contributed by atoms with Crippen LogP contribution in [0.15, 0.2) is 51.1 Å². The second kappa shape index (κ2) is 9.76. The van der Waals surface area contributed by atoms with Crippen LogP contribution >= 0.6 is 0 Å². The summed E-state index contributed by atoms with van der Waals surface area (Å²) in [5.74, 6) is 0.201. The third-order valence-electron chi connectivity index (χ3n) is 7.74. The number of aromatic amines is 1. The molecule has 1 amide bonds. The Kier molecular flexibility index (Phi) is 6.38. The molecule has 1 N–H and O–H groups in total. The molecule has 2 fully saturated rings.